The van der Waals surface area contributed by atoms with Gasteiger partial charge in [-0.2, -0.15) is 5.26 Å². The van der Waals surface area contributed by atoms with E-state index in [0.717, 1.165) is 16.9 Å². The van der Waals surface area contributed by atoms with Crippen LogP contribution in [0.4, 0.5) is 5.13 Å². The Hall–Kier alpha value is -3.80. The van der Waals surface area contributed by atoms with Gasteiger partial charge in [0.2, 0.25) is 5.13 Å². The number of rotatable bonds is 6. The molecule has 0 spiro atoms. The Morgan fingerprint density at radius 2 is 1.90 bits per heavy atom. The highest BCUT2D eigenvalue weighted by atomic mass is 35.5. The lowest BCUT2D eigenvalue weighted by molar-refractivity contribution is 0.102. The molecule has 2 heterocycles. The smallest absolute Gasteiger partial charge is 0.296 e. The van der Waals surface area contributed by atoms with Gasteiger partial charge in [-0.1, -0.05) is 47.0 Å². The molecule has 0 bridgehead atoms. The van der Waals surface area contributed by atoms with Crippen molar-refractivity contribution in [3.05, 3.63) is 88.7 Å². The molecular formula is C22H14ClN5O2S. The summed E-state index contributed by atoms with van der Waals surface area (Å²) in [5.74, 6) is -0.384. The fourth-order valence-electron chi connectivity index (χ4n) is 2.83. The van der Waals surface area contributed by atoms with Crippen LogP contribution in [0, 0.1) is 11.3 Å². The fraction of sp³-hybridized carbons (Fsp3) is 0.0455. The maximum Gasteiger partial charge on any atom is 0.296 e. The van der Waals surface area contributed by atoms with E-state index in [0.29, 0.717) is 44.2 Å². The van der Waals surface area contributed by atoms with Crippen molar-refractivity contribution in [2.24, 2.45) is 0 Å². The van der Waals surface area contributed by atoms with E-state index in [2.05, 4.69) is 26.6 Å². The normalized spacial score (nSPS) is 10.3. The Morgan fingerprint density at radius 1 is 1.10 bits per heavy atom. The molecule has 31 heavy (non-hydrogen) atoms. The van der Waals surface area contributed by atoms with Crippen LogP contribution in [0.15, 0.2) is 67.0 Å². The Labute approximate surface area is 186 Å². The van der Waals surface area contributed by atoms with Gasteiger partial charge < -0.3 is 4.74 Å². The second kappa shape index (κ2) is 9.34. The molecule has 0 unspecified atom stereocenters. The topological polar surface area (TPSA) is 101 Å². The zero-order valence-electron chi connectivity index (χ0n) is 15.9. The molecule has 1 amide bonds. The summed E-state index contributed by atoms with van der Waals surface area (Å²) < 4.78 is 5.63. The van der Waals surface area contributed by atoms with Gasteiger partial charge in [-0.25, -0.2) is 0 Å². The maximum absolute atomic E-state index is 12.9. The molecule has 1 N–H and O–H groups in total. The molecule has 2 aromatic carbocycles. The first-order valence-electron chi connectivity index (χ1n) is 9.09. The monoisotopic (exact) mass is 447 g/mol. The average molecular weight is 448 g/mol. The van der Waals surface area contributed by atoms with Crippen molar-refractivity contribution in [2.45, 2.75) is 6.61 Å². The van der Waals surface area contributed by atoms with Crippen LogP contribution in [-0.2, 0) is 6.61 Å². The van der Waals surface area contributed by atoms with Gasteiger partial charge in [0, 0.05) is 28.5 Å². The highest BCUT2D eigenvalue weighted by Crippen LogP contribution is 2.28. The molecule has 4 aromatic rings. The summed E-state index contributed by atoms with van der Waals surface area (Å²) in [6.07, 6.45) is 3.08. The number of aromatic nitrogens is 3. The van der Waals surface area contributed by atoms with E-state index in [4.69, 9.17) is 16.3 Å². The van der Waals surface area contributed by atoms with E-state index in [1.807, 2.05) is 12.1 Å². The van der Waals surface area contributed by atoms with E-state index in [1.54, 1.807) is 48.7 Å². The average Bonchev–Trinajstić information content (AvgIpc) is 3.26. The molecule has 0 atom stereocenters. The number of anilines is 1. The van der Waals surface area contributed by atoms with Gasteiger partial charge in [0.1, 0.15) is 6.61 Å². The van der Waals surface area contributed by atoms with Gasteiger partial charge in [0.25, 0.3) is 11.1 Å². The SMILES string of the molecule is N#Cc1ccccc1-c1cnccc1C(=O)Nc1nnc(OCc2ccc(Cl)cc2)s1. The third kappa shape index (κ3) is 4.86. The molecule has 0 saturated heterocycles. The molecular weight excluding hydrogens is 434 g/mol. The summed E-state index contributed by atoms with van der Waals surface area (Å²) in [7, 11) is 0. The third-order valence-electron chi connectivity index (χ3n) is 4.31. The molecule has 0 aliphatic heterocycles. The molecule has 0 fully saturated rings. The largest absolute Gasteiger partial charge is 0.464 e. The van der Waals surface area contributed by atoms with E-state index >= 15 is 0 Å². The number of halogens is 1. The minimum Gasteiger partial charge on any atom is -0.464 e. The highest BCUT2D eigenvalue weighted by molar-refractivity contribution is 7.17. The summed E-state index contributed by atoms with van der Waals surface area (Å²) >= 11 is 6.99. The lowest BCUT2D eigenvalue weighted by Crippen LogP contribution is -2.13. The van der Waals surface area contributed by atoms with Crippen LogP contribution in [0.1, 0.15) is 21.5 Å². The fourth-order valence-corrected chi connectivity index (χ4v) is 3.55. The Bertz CT molecular complexity index is 1270. The van der Waals surface area contributed by atoms with Crippen molar-refractivity contribution < 1.29 is 9.53 Å². The first-order chi connectivity index (χ1) is 15.1. The van der Waals surface area contributed by atoms with Crippen molar-refractivity contribution in [3.63, 3.8) is 0 Å². The first-order valence-corrected chi connectivity index (χ1v) is 10.3. The Balaban J connectivity index is 1.48. The minimum atomic E-state index is -0.384. The molecule has 0 radical (unpaired) electrons. The van der Waals surface area contributed by atoms with E-state index in [-0.39, 0.29) is 5.91 Å². The van der Waals surface area contributed by atoms with Crippen LogP contribution in [0.3, 0.4) is 0 Å². The van der Waals surface area contributed by atoms with Crippen molar-refractivity contribution >= 4 is 34.0 Å². The molecule has 7 nitrogen and oxygen atoms in total. The van der Waals surface area contributed by atoms with Crippen molar-refractivity contribution in [2.75, 3.05) is 5.32 Å². The quantitative estimate of drug-likeness (QED) is 0.448. The summed E-state index contributed by atoms with van der Waals surface area (Å²) in [6, 6.07) is 18.1. The number of benzene rings is 2. The predicted octanol–water partition coefficient (Wildman–Crippen LogP) is 4.96. The zero-order chi connectivity index (χ0) is 21.6. The third-order valence-corrected chi connectivity index (χ3v) is 5.31. The lowest BCUT2D eigenvalue weighted by Gasteiger charge is -2.09. The summed E-state index contributed by atoms with van der Waals surface area (Å²) in [6.45, 7) is 0.305. The van der Waals surface area contributed by atoms with E-state index in [1.165, 1.54) is 6.20 Å². The number of amides is 1. The molecule has 2 aromatic heterocycles. The zero-order valence-corrected chi connectivity index (χ0v) is 17.5. The van der Waals surface area contributed by atoms with Crippen LogP contribution >= 0.6 is 22.9 Å². The van der Waals surface area contributed by atoms with Gasteiger partial charge in [-0.05, 0) is 41.2 Å². The van der Waals surface area contributed by atoms with Gasteiger partial charge >= 0.3 is 0 Å². The molecule has 4 rings (SSSR count). The van der Waals surface area contributed by atoms with Crippen LogP contribution < -0.4 is 10.1 Å². The Kier molecular flexibility index (Phi) is 6.17. The molecule has 0 aliphatic carbocycles. The summed E-state index contributed by atoms with van der Waals surface area (Å²) in [4.78, 5) is 17.0. The van der Waals surface area contributed by atoms with Gasteiger partial charge in [-0.3, -0.25) is 15.1 Å². The number of ether oxygens (including phenoxy) is 1. The van der Waals surface area contributed by atoms with Crippen LogP contribution in [0.2, 0.25) is 5.02 Å². The summed E-state index contributed by atoms with van der Waals surface area (Å²) in [5, 5.41) is 21.3. The number of hydrogen-bond acceptors (Lipinski definition) is 7. The number of nitrogens with zero attached hydrogens (tertiary/aromatic N) is 4. The van der Waals surface area contributed by atoms with Crippen LogP contribution in [-0.4, -0.2) is 21.1 Å². The number of pyridine rings is 1. The second-order valence-electron chi connectivity index (χ2n) is 6.32. The van der Waals surface area contributed by atoms with Gasteiger partial charge in [0.15, 0.2) is 0 Å². The number of carbonyl (C=O) groups excluding carboxylic acids is 1. The number of carbonyl (C=O) groups is 1. The first kappa shape index (κ1) is 20.5. The minimum absolute atomic E-state index is 0.299. The van der Waals surface area contributed by atoms with Crippen molar-refractivity contribution in [3.8, 4) is 22.4 Å². The van der Waals surface area contributed by atoms with Crippen molar-refractivity contribution in [1.29, 1.82) is 5.26 Å². The van der Waals surface area contributed by atoms with Crippen LogP contribution in [0.25, 0.3) is 11.1 Å². The standard InChI is InChI=1S/C22H14ClN5O2S/c23-16-7-5-14(6-8-16)13-30-22-28-27-21(31-22)26-20(29)18-9-10-25-12-19(18)17-4-2-1-3-15(17)11-24/h1-10,12H,13H2,(H,26,27,29). The number of nitrogens with one attached hydrogen (secondary N) is 1. The van der Waals surface area contributed by atoms with Crippen LogP contribution in [0.5, 0.6) is 5.19 Å². The van der Waals surface area contributed by atoms with E-state index in [9.17, 15) is 10.1 Å². The lowest BCUT2D eigenvalue weighted by atomic mass is 9.97. The molecule has 0 saturated carbocycles. The highest BCUT2D eigenvalue weighted by Gasteiger charge is 2.17. The number of hydrogen-bond donors (Lipinski definition) is 1. The number of nitriles is 1. The van der Waals surface area contributed by atoms with Gasteiger partial charge in [-0.15, -0.1) is 5.10 Å². The maximum atomic E-state index is 12.9. The molecule has 9 heteroatoms. The molecule has 152 valence electrons. The summed E-state index contributed by atoms with van der Waals surface area (Å²) in [5.41, 5.74) is 2.95. The second-order valence-corrected chi connectivity index (χ2v) is 7.70. The molecule has 0 aliphatic rings. The van der Waals surface area contributed by atoms with Gasteiger partial charge in [0.05, 0.1) is 17.2 Å². The Morgan fingerprint density at radius 3 is 2.71 bits per heavy atom. The van der Waals surface area contributed by atoms with E-state index < -0.39 is 0 Å². The predicted molar refractivity (Wildman–Crippen MR) is 118 cm³/mol. The van der Waals surface area contributed by atoms with Crippen molar-refractivity contribution in [1.82, 2.24) is 15.2 Å².